The molecule has 0 aromatic carbocycles. The molecule has 2 heteroatoms. The van der Waals surface area contributed by atoms with E-state index in [1.165, 1.54) is 50.8 Å². The topological polar surface area (TPSA) is 12.0 Å². The molecule has 1 saturated carbocycles. The van der Waals surface area contributed by atoms with Crippen molar-refractivity contribution in [2.24, 2.45) is 11.8 Å². The molecule has 0 amide bonds. The summed E-state index contributed by atoms with van der Waals surface area (Å²) < 4.78 is 0. The molecule has 0 saturated heterocycles. The van der Waals surface area contributed by atoms with E-state index in [2.05, 4.69) is 29.1 Å². The number of hydrogen-bond donors (Lipinski definition) is 1. The van der Waals surface area contributed by atoms with Crippen molar-refractivity contribution in [1.82, 2.24) is 5.32 Å². The quantitative estimate of drug-likeness (QED) is 0.713. The summed E-state index contributed by atoms with van der Waals surface area (Å²) in [5.74, 6) is 1.95. The zero-order chi connectivity index (χ0) is 11.2. The van der Waals surface area contributed by atoms with Gasteiger partial charge in [-0.05, 0) is 79.4 Å². The van der Waals surface area contributed by atoms with Gasteiger partial charge in [0.2, 0.25) is 0 Å². The van der Waals surface area contributed by atoms with Gasteiger partial charge in [-0.15, -0.1) is 0 Å². The van der Waals surface area contributed by atoms with Crippen molar-refractivity contribution >= 4 is 11.3 Å². The standard InChI is InChI=1S/C14H23NS/c1-2-8-15-10-14-6-5-13(14)4-3-12-7-9-16-11-12/h7,9,11,13-15H,2-6,8,10H2,1H3. The maximum Gasteiger partial charge on any atom is -0.00179 e. The van der Waals surface area contributed by atoms with E-state index in [4.69, 9.17) is 0 Å². The van der Waals surface area contributed by atoms with Crippen LogP contribution in [0.4, 0.5) is 0 Å². The summed E-state index contributed by atoms with van der Waals surface area (Å²) >= 11 is 1.82. The van der Waals surface area contributed by atoms with Gasteiger partial charge >= 0.3 is 0 Å². The van der Waals surface area contributed by atoms with Gasteiger partial charge in [0.05, 0.1) is 0 Å². The molecule has 0 aliphatic heterocycles. The lowest BCUT2D eigenvalue weighted by Crippen LogP contribution is -2.35. The van der Waals surface area contributed by atoms with E-state index in [0.717, 1.165) is 11.8 Å². The molecule has 2 rings (SSSR count). The van der Waals surface area contributed by atoms with E-state index >= 15 is 0 Å². The number of nitrogens with one attached hydrogen (secondary N) is 1. The Bertz CT molecular complexity index is 281. The van der Waals surface area contributed by atoms with Crippen LogP contribution in [0.2, 0.25) is 0 Å². The molecular weight excluding hydrogens is 214 g/mol. The van der Waals surface area contributed by atoms with Crippen LogP contribution in [-0.4, -0.2) is 13.1 Å². The van der Waals surface area contributed by atoms with Gasteiger partial charge in [-0.1, -0.05) is 6.92 Å². The van der Waals surface area contributed by atoms with E-state index in [9.17, 15) is 0 Å². The van der Waals surface area contributed by atoms with Gasteiger partial charge in [0.15, 0.2) is 0 Å². The third-order valence-electron chi connectivity index (χ3n) is 3.79. The summed E-state index contributed by atoms with van der Waals surface area (Å²) in [4.78, 5) is 0. The van der Waals surface area contributed by atoms with Gasteiger partial charge in [-0.25, -0.2) is 0 Å². The van der Waals surface area contributed by atoms with Gasteiger partial charge in [0.1, 0.15) is 0 Å². The maximum absolute atomic E-state index is 3.56. The molecule has 2 unspecified atom stereocenters. The van der Waals surface area contributed by atoms with Crippen LogP contribution in [0.15, 0.2) is 16.8 Å². The van der Waals surface area contributed by atoms with Crippen LogP contribution in [0.25, 0.3) is 0 Å². The summed E-state index contributed by atoms with van der Waals surface area (Å²) in [5.41, 5.74) is 1.54. The Morgan fingerprint density at radius 3 is 2.88 bits per heavy atom. The first kappa shape index (κ1) is 12.1. The molecule has 90 valence electrons. The summed E-state index contributed by atoms with van der Waals surface area (Å²) in [6.07, 6.45) is 6.85. The largest absolute Gasteiger partial charge is 0.316 e. The Morgan fingerprint density at radius 2 is 2.25 bits per heavy atom. The van der Waals surface area contributed by atoms with Crippen LogP contribution in [0.5, 0.6) is 0 Å². The second-order valence-electron chi connectivity index (χ2n) is 4.97. The van der Waals surface area contributed by atoms with E-state index in [-0.39, 0.29) is 0 Å². The molecule has 1 heterocycles. The van der Waals surface area contributed by atoms with Gasteiger partial charge in [-0.2, -0.15) is 11.3 Å². The van der Waals surface area contributed by atoms with Crippen LogP contribution in [-0.2, 0) is 6.42 Å². The van der Waals surface area contributed by atoms with Crippen molar-refractivity contribution in [2.75, 3.05) is 13.1 Å². The van der Waals surface area contributed by atoms with Crippen molar-refractivity contribution in [3.05, 3.63) is 22.4 Å². The third-order valence-corrected chi connectivity index (χ3v) is 4.52. The number of thiophene rings is 1. The fraction of sp³-hybridized carbons (Fsp3) is 0.714. The molecule has 2 atom stereocenters. The number of hydrogen-bond acceptors (Lipinski definition) is 2. The monoisotopic (exact) mass is 237 g/mol. The molecule has 16 heavy (non-hydrogen) atoms. The summed E-state index contributed by atoms with van der Waals surface area (Å²) in [6.45, 7) is 4.68. The predicted octanol–water partition coefficient (Wildman–Crippen LogP) is 3.71. The summed E-state index contributed by atoms with van der Waals surface area (Å²) in [7, 11) is 0. The average molecular weight is 237 g/mol. The Hall–Kier alpha value is -0.340. The van der Waals surface area contributed by atoms with Crippen molar-refractivity contribution in [3.63, 3.8) is 0 Å². The van der Waals surface area contributed by atoms with Crippen LogP contribution >= 0.6 is 11.3 Å². The van der Waals surface area contributed by atoms with Crippen LogP contribution < -0.4 is 5.32 Å². The first-order valence-corrected chi connectivity index (χ1v) is 7.56. The molecule has 0 radical (unpaired) electrons. The third kappa shape index (κ3) is 3.33. The fourth-order valence-electron chi connectivity index (χ4n) is 2.54. The maximum atomic E-state index is 3.56. The molecule has 1 aliphatic carbocycles. The lowest BCUT2D eigenvalue weighted by atomic mass is 9.71. The molecule has 0 bridgehead atoms. The van der Waals surface area contributed by atoms with Gasteiger partial charge < -0.3 is 5.32 Å². The van der Waals surface area contributed by atoms with Crippen molar-refractivity contribution < 1.29 is 0 Å². The Morgan fingerprint density at radius 1 is 1.38 bits per heavy atom. The Balaban J connectivity index is 1.63. The highest BCUT2D eigenvalue weighted by Gasteiger charge is 2.29. The van der Waals surface area contributed by atoms with Gasteiger partial charge in [-0.3, -0.25) is 0 Å². The van der Waals surface area contributed by atoms with E-state index in [1.54, 1.807) is 0 Å². The smallest absolute Gasteiger partial charge is 0.00179 e. The van der Waals surface area contributed by atoms with E-state index < -0.39 is 0 Å². The van der Waals surface area contributed by atoms with Gasteiger partial charge in [0.25, 0.3) is 0 Å². The first-order chi connectivity index (χ1) is 7.90. The zero-order valence-electron chi connectivity index (χ0n) is 10.2. The van der Waals surface area contributed by atoms with Crippen LogP contribution in [0, 0.1) is 11.8 Å². The average Bonchev–Trinajstić information content (AvgIpc) is 2.76. The molecule has 0 spiro atoms. The van der Waals surface area contributed by atoms with Crippen molar-refractivity contribution in [1.29, 1.82) is 0 Å². The minimum absolute atomic E-state index is 0.963. The van der Waals surface area contributed by atoms with Gasteiger partial charge in [0, 0.05) is 0 Å². The molecule has 1 fully saturated rings. The highest BCUT2D eigenvalue weighted by atomic mass is 32.1. The molecule has 1 aromatic rings. The van der Waals surface area contributed by atoms with E-state index in [0.29, 0.717) is 0 Å². The second-order valence-corrected chi connectivity index (χ2v) is 5.75. The molecular formula is C14H23NS. The summed E-state index contributed by atoms with van der Waals surface area (Å²) in [5, 5.41) is 8.05. The minimum Gasteiger partial charge on any atom is -0.316 e. The molecule has 1 nitrogen and oxygen atoms in total. The number of rotatable bonds is 7. The SMILES string of the molecule is CCCNCC1CCC1CCc1ccsc1. The Labute approximate surface area is 103 Å². The number of aryl methyl sites for hydroxylation is 1. The minimum atomic E-state index is 0.963. The summed E-state index contributed by atoms with van der Waals surface area (Å²) in [6, 6.07) is 2.27. The zero-order valence-corrected chi connectivity index (χ0v) is 11.1. The van der Waals surface area contributed by atoms with Crippen LogP contribution in [0.1, 0.15) is 38.2 Å². The van der Waals surface area contributed by atoms with E-state index in [1.807, 2.05) is 11.3 Å². The molecule has 1 aliphatic rings. The van der Waals surface area contributed by atoms with Crippen molar-refractivity contribution in [3.8, 4) is 0 Å². The molecule has 1 N–H and O–H groups in total. The lowest BCUT2D eigenvalue weighted by Gasteiger charge is -2.37. The lowest BCUT2D eigenvalue weighted by molar-refractivity contribution is 0.161. The van der Waals surface area contributed by atoms with Crippen molar-refractivity contribution in [2.45, 2.75) is 39.0 Å². The highest BCUT2D eigenvalue weighted by molar-refractivity contribution is 7.07. The normalized spacial score (nSPS) is 24.3. The first-order valence-electron chi connectivity index (χ1n) is 6.62. The highest BCUT2D eigenvalue weighted by Crippen LogP contribution is 2.37. The predicted molar refractivity (Wildman–Crippen MR) is 72.0 cm³/mol. The second kappa shape index (κ2) is 6.41. The fourth-order valence-corrected chi connectivity index (χ4v) is 3.24. The molecule has 1 aromatic heterocycles. The van der Waals surface area contributed by atoms with Crippen LogP contribution in [0.3, 0.4) is 0 Å². The Kier molecular flexibility index (Phi) is 4.86.